The van der Waals surface area contributed by atoms with Gasteiger partial charge in [0.05, 0.1) is 0 Å². The van der Waals surface area contributed by atoms with Gasteiger partial charge in [-0.2, -0.15) is 0 Å². The van der Waals surface area contributed by atoms with E-state index in [2.05, 4.69) is 0 Å². The lowest BCUT2D eigenvalue weighted by atomic mass is 10.0. The minimum absolute atomic E-state index is 0.132. The smallest absolute Gasteiger partial charge is 0.326 e. The molecule has 0 atom stereocenters. The molecule has 0 saturated carbocycles. The second kappa shape index (κ2) is 7.73. The average molecular weight is 353 g/mol. The maximum Gasteiger partial charge on any atom is 0.326 e. The standard InChI is InChI=1S/C22H27NO3/c1-15-9-7-12-18(13-15)23(14-19(24)26-22(4,5)6)21(25)20-16(2)10-8-11-17(20)3/h7-13H,14H2,1-6H3. The molecule has 0 aliphatic rings. The Bertz CT molecular complexity index is 798. The van der Waals surface area contributed by atoms with E-state index in [1.807, 2.05) is 84.0 Å². The Labute approximate surface area is 155 Å². The number of rotatable bonds is 4. The fourth-order valence-electron chi connectivity index (χ4n) is 2.87. The number of anilines is 1. The van der Waals surface area contributed by atoms with Gasteiger partial charge >= 0.3 is 5.97 Å². The number of aryl methyl sites for hydroxylation is 3. The van der Waals surface area contributed by atoms with Crippen molar-refractivity contribution in [3.8, 4) is 0 Å². The van der Waals surface area contributed by atoms with Crippen LogP contribution in [0.5, 0.6) is 0 Å². The summed E-state index contributed by atoms with van der Waals surface area (Å²) in [6.45, 7) is 11.1. The van der Waals surface area contributed by atoms with Crippen LogP contribution >= 0.6 is 0 Å². The molecule has 0 spiro atoms. The molecule has 26 heavy (non-hydrogen) atoms. The first-order chi connectivity index (χ1) is 12.1. The van der Waals surface area contributed by atoms with Crippen molar-refractivity contribution in [3.63, 3.8) is 0 Å². The molecule has 0 fully saturated rings. The van der Waals surface area contributed by atoms with Gasteiger partial charge in [0.15, 0.2) is 0 Å². The van der Waals surface area contributed by atoms with Gasteiger partial charge in [-0.25, -0.2) is 0 Å². The van der Waals surface area contributed by atoms with Crippen molar-refractivity contribution in [2.24, 2.45) is 0 Å². The lowest BCUT2D eigenvalue weighted by Gasteiger charge is -2.26. The predicted molar refractivity (Wildman–Crippen MR) is 105 cm³/mol. The van der Waals surface area contributed by atoms with E-state index in [1.165, 1.54) is 4.90 Å². The monoisotopic (exact) mass is 353 g/mol. The molecule has 1 amide bonds. The summed E-state index contributed by atoms with van der Waals surface area (Å²) in [5, 5.41) is 0. The van der Waals surface area contributed by atoms with Crippen LogP contribution in [0.15, 0.2) is 42.5 Å². The quantitative estimate of drug-likeness (QED) is 0.755. The van der Waals surface area contributed by atoms with Crippen LogP contribution in [-0.4, -0.2) is 24.0 Å². The lowest BCUT2D eigenvalue weighted by molar-refractivity contribution is -0.152. The number of hydrogen-bond donors (Lipinski definition) is 0. The minimum atomic E-state index is -0.600. The van der Waals surface area contributed by atoms with E-state index in [-0.39, 0.29) is 12.5 Å². The molecule has 2 aromatic rings. The molecule has 4 nitrogen and oxygen atoms in total. The molecule has 0 bridgehead atoms. The van der Waals surface area contributed by atoms with Crippen molar-refractivity contribution in [3.05, 3.63) is 64.7 Å². The van der Waals surface area contributed by atoms with Crippen molar-refractivity contribution in [1.82, 2.24) is 0 Å². The fourth-order valence-corrected chi connectivity index (χ4v) is 2.87. The van der Waals surface area contributed by atoms with Gasteiger partial charge in [0.2, 0.25) is 0 Å². The van der Waals surface area contributed by atoms with E-state index in [1.54, 1.807) is 0 Å². The molecule has 2 aromatic carbocycles. The molecular weight excluding hydrogens is 326 g/mol. The highest BCUT2D eigenvalue weighted by Crippen LogP contribution is 2.23. The van der Waals surface area contributed by atoms with E-state index in [4.69, 9.17) is 4.74 Å². The predicted octanol–water partition coefficient (Wildman–Crippen LogP) is 4.60. The molecule has 0 radical (unpaired) electrons. The van der Waals surface area contributed by atoms with Crippen molar-refractivity contribution in [2.45, 2.75) is 47.1 Å². The summed E-state index contributed by atoms with van der Waals surface area (Å²) < 4.78 is 5.43. The fraction of sp³-hybridized carbons (Fsp3) is 0.364. The highest BCUT2D eigenvalue weighted by molar-refractivity contribution is 6.10. The zero-order valence-corrected chi connectivity index (χ0v) is 16.4. The topological polar surface area (TPSA) is 46.6 Å². The van der Waals surface area contributed by atoms with Crippen LogP contribution in [0.4, 0.5) is 5.69 Å². The summed E-state index contributed by atoms with van der Waals surface area (Å²) in [4.78, 5) is 27.2. The van der Waals surface area contributed by atoms with Crippen LogP contribution < -0.4 is 4.90 Å². The first-order valence-corrected chi connectivity index (χ1v) is 8.75. The molecule has 0 saturated heterocycles. The SMILES string of the molecule is Cc1cccc(N(CC(=O)OC(C)(C)C)C(=O)c2c(C)cccc2C)c1. The largest absolute Gasteiger partial charge is 0.459 e. The number of ether oxygens (including phenoxy) is 1. The van der Waals surface area contributed by atoms with Crippen molar-refractivity contribution >= 4 is 17.6 Å². The average Bonchev–Trinajstić information content (AvgIpc) is 2.50. The third kappa shape index (κ3) is 4.94. The van der Waals surface area contributed by atoms with Crippen molar-refractivity contribution in [2.75, 3.05) is 11.4 Å². The van der Waals surface area contributed by atoms with Gasteiger partial charge in [0.25, 0.3) is 5.91 Å². The Balaban J connectivity index is 2.43. The summed E-state index contributed by atoms with van der Waals surface area (Å²) in [6, 6.07) is 13.3. The van der Waals surface area contributed by atoms with E-state index in [9.17, 15) is 9.59 Å². The molecule has 0 aliphatic carbocycles. The summed E-state index contributed by atoms with van der Waals surface area (Å²) in [5.74, 6) is -0.629. The Hall–Kier alpha value is -2.62. The second-order valence-electron chi connectivity index (χ2n) is 7.58. The van der Waals surface area contributed by atoms with Crippen LogP contribution in [-0.2, 0) is 9.53 Å². The lowest BCUT2D eigenvalue weighted by Crippen LogP contribution is -2.39. The van der Waals surface area contributed by atoms with Crippen LogP contribution in [0, 0.1) is 20.8 Å². The maximum absolute atomic E-state index is 13.3. The molecule has 2 rings (SSSR count). The molecule has 0 heterocycles. The van der Waals surface area contributed by atoms with Crippen LogP contribution in [0.1, 0.15) is 47.8 Å². The number of carbonyl (C=O) groups excluding carboxylic acids is 2. The Kier molecular flexibility index (Phi) is 5.86. The van der Waals surface area contributed by atoms with Gasteiger partial charge in [-0.05, 0) is 70.4 Å². The summed E-state index contributed by atoms with van der Waals surface area (Å²) in [7, 11) is 0. The van der Waals surface area contributed by atoms with Gasteiger partial charge in [-0.15, -0.1) is 0 Å². The van der Waals surface area contributed by atoms with Gasteiger partial charge in [0.1, 0.15) is 12.1 Å². The van der Waals surface area contributed by atoms with Crippen LogP contribution in [0.2, 0.25) is 0 Å². The van der Waals surface area contributed by atoms with Crippen molar-refractivity contribution in [1.29, 1.82) is 0 Å². The molecule has 0 aromatic heterocycles. The van der Waals surface area contributed by atoms with Gasteiger partial charge < -0.3 is 4.74 Å². The first-order valence-electron chi connectivity index (χ1n) is 8.75. The van der Waals surface area contributed by atoms with Gasteiger partial charge in [-0.1, -0.05) is 30.3 Å². The third-order valence-electron chi connectivity index (χ3n) is 3.96. The van der Waals surface area contributed by atoms with Gasteiger partial charge in [-0.3, -0.25) is 14.5 Å². The van der Waals surface area contributed by atoms with Crippen LogP contribution in [0.3, 0.4) is 0 Å². The Morgan fingerprint density at radius 3 is 2.08 bits per heavy atom. The maximum atomic E-state index is 13.3. The highest BCUT2D eigenvalue weighted by Gasteiger charge is 2.26. The van der Waals surface area contributed by atoms with Crippen molar-refractivity contribution < 1.29 is 14.3 Å². The number of hydrogen-bond acceptors (Lipinski definition) is 3. The second-order valence-corrected chi connectivity index (χ2v) is 7.58. The molecule has 0 aliphatic heterocycles. The zero-order valence-electron chi connectivity index (χ0n) is 16.4. The van der Waals surface area contributed by atoms with E-state index in [0.717, 1.165) is 16.7 Å². The van der Waals surface area contributed by atoms with Gasteiger partial charge in [0, 0.05) is 11.3 Å². The highest BCUT2D eigenvalue weighted by atomic mass is 16.6. The molecule has 138 valence electrons. The summed E-state index contributed by atoms with van der Waals surface area (Å²) in [5.41, 5.74) is 3.50. The molecular formula is C22H27NO3. The summed E-state index contributed by atoms with van der Waals surface area (Å²) >= 11 is 0. The molecule has 0 N–H and O–H groups in total. The van der Waals surface area contributed by atoms with E-state index in [0.29, 0.717) is 11.3 Å². The Morgan fingerprint density at radius 1 is 0.962 bits per heavy atom. The number of nitrogens with zero attached hydrogens (tertiary/aromatic N) is 1. The molecule has 4 heteroatoms. The normalized spacial score (nSPS) is 11.2. The number of benzene rings is 2. The number of carbonyl (C=O) groups is 2. The summed E-state index contributed by atoms with van der Waals surface area (Å²) in [6.07, 6.45) is 0. The van der Waals surface area contributed by atoms with E-state index < -0.39 is 11.6 Å². The molecule has 0 unspecified atom stereocenters. The number of esters is 1. The van der Waals surface area contributed by atoms with Crippen LogP contribution in [0.25, 0.3) is 0 Å². The number of amides is 1. The third-order valence-corrected chi connectivity index (χ3v) is 3.96. The zero-order chi connectivity index (χ0) is 19.5. The minimum Gasteiger partial charge on any atom is -0.459 e. The Morgan fingerprint density at radius 2 is 1.54 bits per heavy atom. The first kappa shape index (κ1) is 19.7. The van der Waals surface area contributed by atoms with E-state index >= 15 is 0 Å².